The quantitative estimate of drug-likeness (QED) is 0.672. The molecular formula is C12H15FN2. The van der Waals surface area contributed by atoms with Crippen molar-refractivity contribution >= 4 is 0 Å². The smallest absolute Gasteiger partial charge is 0.123 e. The van der Waals surface area contributed by atoms with Gasteiger partial charge < -0.3 is 10.6 Å². The Bertz CT molecular complexity index is 378. The number of fused-ring (bicyclic) bond motifs is 2. The van der Waals surface area contributed by atoms with Crippen LogP contribution in [0.25, 0.3) is 0 Å². The first-order valence-electron chi connectivity index (χ1n) is 5.55. The van der Waals surface area contributed by atoms with Crippen molar-refractivity contribution in [2.75, 3.05) is 13.1 Å². The van der Waals surface area contributed by atoms with Crippen molar-refractivity contribution in [2.24, 2.45) is 0 Å². The third-order valence-corrected chi connectivity index (χ3v) is 3.66. The molecule has 1 fully saturated rings. The highest BCUT2D eigenvalue weighted by molar-refractivity contribution is 5.39. The fraction of sp³-hybridized carbons (Fsp3) is 0.500. The molecule has 15 heavy (non-hydrogen) atoms. The molecule has 0 amide bonds. The van der Waals surface area contributed by atoms with Crippen molar-refractivity contribution in [3.63, 3.8) is 0 Å². The predicted molar refractivity (Wildman–Crippen MR) is 57.0 cm³/mol. The molecule has 0 saturated carbocycles. The summed E-state index contributed by atoms with van der Waals surface area (Å²) in [5.74, 6) is -0.115. The molecule has 2 nitrogen and oxygen atoms in total. The fourth-order valence-electron chi connectivity index (χ4n) is 2.81. The van der Waals surface area contributed by atoms with E-state index in [-0.39, 0.29) is 11.4 Å². The first-order valence-corrected chi connectivity index (χ1v) is 5.55. The van der Waals surface area contributed by atoms with Crippen LogP contribution in [0.15, 0.2) is 18.2 Å². The molecular weight excluding hydrogens is 191 g/mol. The molecule has 0 aromatic heterocycles. The highest BCUT2D eigenvalue weighted by Gasteiger charge is 2.39. The molecule has 3 heteroatoms. The highest BCUT2D eigenvalue weighted by atomic mass is 19.1. The summed E-state index contributed by atoms with van der Waals surface area (Å²) >= 11 is 0. The Hall–Kier alpha value is -0.930. The maximum atomic E-state index is 13.3. The van der Waals surface area contributed by atoms with Gasteiger partial charge in [-0.2, -0.15) is 0 Å². The third kappa shape index (κ3) is 1.38. The Morgan fingerprint density at radius 3 is 2.80 bits per heavy atom. The number of rotatable bonds is 0. The van der Waals surface area contributed by atoms with E-state index in [1.807, 2.05) is 6.07 Å². The van der Waals surface area contributed by atoms with Gasteiger partial charge in [-0.1, -0.05) is 6.07 Å². The maximum absolute atomic E-state index is 13.3. The highest BCUT2D eigenvalue weighted by Crippen LogP contribution is 2.38. The molecule has 1 saturated heterocycles. The normalized spacial score (nSPS) is 23.0. The number of piperidine rings is 1. The molecule has 2 aliphatic heterocycles. The van der Waals surface area contributed by atoms with Crippen LogP contribution >= 0.6 is 0 Å². The van der Waals surface area contributed by atoms with Crippen LogP contribution < -0.4 is 10.6 Å². The van der Waals surface area contributed by atoms with Crippen molar-refractivity contribution in [1.29, 1.82) is 0 Å². The molecule has 0 bridgehead atoms. The summed E-state index contributed by atoms with van der Waals surface area (Å²) in [7, 11) is 0. The van der Waals surface area contributed by atoms with E-state index in [4.69, 9.17) is 0 Å². The first kappa shape index (κ1) is 9.31. The van der Waals surface area contributed by atoms with Gasteiger partial charge in [-0.05, 0) is 49.2 Å². The van der Waals surface area contributed by atoms with Crippen LogP contribution in [0.1, 0.15) is 24.0 Å². The van der Waals surface area contributed by atoms with Gasteiger partial charge in [0.05, 0.1) is 0 Å². The van der Waals surface area contributed by atoms with Crippen LogP contribution in [-0.2, 0) is 12.1 Å². The lowest BCUT2D eigenvalue weighted by Crippen LogP contribution is -2.46. The summed E-state index contributed by atoms with van der Waals surface area (Å²) in [5, 5.41) is 6.91. The summed E-state index contributed by atoms with van der Waals surface area (Å²) in [6.45, 7) is 2.92. The van der Waals surface area contributed by atoms with Crippen LogP contribution in [0.4, 0.5) is 4.39 Å². The molecule has 0 atom stereocenters. The van der Waals surface area contributed by atoms with Crippen molar-refractivity contribution in [3.8, 4) is 0 Å². The largest absolute Gasteiger partial charge is 0.317 e. The van der Waals surface area contributed by atoms with E-state index in [2.05, 4.69) is 10.6 Å². The zero-order valence-corrected chi connectivity index (χ0v) is 8.65. The molecule has 3 rings (SSSR count). The summed E-state index contributed by atoms with van der Waals surface area (Å²) in [6, 6.07) is 5.18. The van der Waals surface area contributed by atoms with Gasteiger partial charge in [-0.25, -0.2) is 4.39 Å². The second-order valence-electron chi connectivity index (χ2n) is 4.49. The maximum Gasteiger partial charge on any atom is 0.123 e. The van der Waals surface area contributed by atoms with Crippen molar-refractivity contribution < 1.29 is 4.39 Å². The van der Waals surface area contributed by atoms with Crippen LogP contribution in [0.3, 0.4) is 0 Å². The topological polar surface area (TPSA) is 24.1 Å². The van der Waals surface area contributed by atoms with Gasteiger partial charge in [-0.3, -0.25) is 0 Å². The molecule has 1 aromatic rings. The minimum absolute atomic E-state index is 0.0443. The van der Waals surface area contributed by atoms with Gasteiger partial charge in [0.15, 0.2) is 0 Å². The number of halogens is 1. The lowest BCUT2D eigenvalue weighted by molar-refractivity contribution is 0.265. The zero-order valence-electron chi connectivity index (χ0n) is 8.65. The predicted octanol–water partition coefficient (Wildman–Crippen LogP) is 1.51. The Morgan fingerprint density at radius 1 is 1.20 bits per heavy atom. The van der Waals surface area contributed by atoms with E-state index in [0.717, 1.165) is 32.5 Å². The first-order chi connectivity index (χ1) is 7.30. The van der Waals surface area contributed by atoms with Crippen LogP contribution in [-0.4, -0.2) is 13.1 Å². The lowest BCUT2D eigenvalue weighted by atomic mass is 9.82. The average Bonchev–Trinajstić information content (AvgIpc) is 2.59. The van der Waals surface area contributed by atoms with Gasteiger partial charge >= 0.3 is 0 Å². The minimum Gasteiger partial charge on any atom is -0.317 e. The summed E-state index contributed by atoms with van der Waals surface area (Å²) in [4.78, 5) is 0. The molecule has 80 valence electrons. The Balaban J connectivity index is 2.05. The Labute approximate surface area is 88.9 Å². The molecule has 0 aliphatic carbocycles. The Kier molecular flexibility index (Phi) is 2.04. The van der Waals surface area contributed by atoms with E-state index >= 15 is 0 Å². The van der Waals surface area contributed by atoms with Crippen LogP contribution in [0.2, 0.25) is 0 Å². The zero-order chi connectivity index (χ0) is 10.3. The average molecular weight is 206 g/mol. The Morgan fingerprint density at radius 2 is 2.00 bits per heavy atom. The molecule has 2 heterocycles. The molecule has 0 unspecified atom stereocenters. The van der Waals surface area contributed by atoms with E-state index in [1.165, 1.54) is 11.1 Å². The monoisotopic (exact) mass is 206 g/mol. The van der Waals surface area contributed by atoms with Gasteiger partial charge in [0.2, 0.25) is 0 Å². The second-order valence-corrected chi connectivity index (χ2v) is 4.49. The molecule has 1 aromatic carbocycles. The van der Waals surface area contributed by atoms with Crippen molar-refractivity contribution in [3.05, 3.63) is 35.1 Å². The number of hydrogen-bond acceptors (Lipinski definition) is 2. The fourth-order valence-corrected chi connectivity index (χ4v) is 2.81. The number of benzene rings is 1. The van der Waals surface area contributed by atoms with Gasteiger partial charge in [0, 0.05) is 12.1 Å². The van der Waals surface area contributed by atoms with E-state index in [1.54, 1.807) is 12.1 Å². The van der Waals surface area contributed by atoms with Crippen LogP contribution in [0, 0.1) is 5.82 Å². The standard InChI is InChI=1S/C12H15FN2/c13-10-2-1-9-8-15-12(11(9)7-10)3-5-14-6-4-12/h1-2,7,14-15H,3-6,8H2. The lowest BCUT2D eigenvalue weighted by Gasteiger charge is -2.35. The van der Waals surface area contributed by atoms with Crippen molar-refractivity contribution in [2.45, 2.75) is 24.9 Å². The molecule has 2 N–H and O–H groups in total. The van der Waals surface area contributed by atoms with Gasteiger partial charge in [-0.15, -0.1) is 0 Å². The third-order valence-electron chi connectivity index (χ3n) is 3.66. The second kappa shape index (κ2) is 3.29. The SMILES string of the molecule is Fc1ccc2c(c1)C1(CCNCC1)NC2. The summed E-state index contributed by atoms with van der Waals surface area (Å²) in [5.41, 5.74) is 2.49. The molecule has 1 spiro atoms. The minimum atomic E-state index is -0.115. The van der Waals surface area contributed by atoms with Crippen molar-refractivity contribution in [1.82, 2.24) is 10.6 Å². The van der Waals surface area contributed by atoms with E-state index in [0.29, 0.717) is 0 Å². The van der Waals surface area contributed by atoms with E-state index in [9.17, 15) is 4.39 Å². The summed E-state index contributed by atoms with van der Waals surface area (Å²) in [6.07, 6.45) is 2.12. The number of hydrogen-bond donors (Lipinski definition) is 2. The number of nitrogens with one attached hydrogen (secondary N) is 2. The van der Waals surface area contributed by atoms with E-state index < -0.39 is 0 Å². The van der Waals surface area contributed by atoms with Gasteiger partial charge in [0.1, 0.15) is 5.82 Å². The van der Waals surface area contributed by atoms with Gasteiger partial charge in [0.25, 0.3) is 0 Å². The molecule has 2 aliphatic rings. The molecule has 0 radical (unpaired) electrons. The van der Waals surface area contributed by atoms with Crippen LogP contribution in [0.5, 0.6) is 0 Å². The summed E-state index contributed by atoms with van der Waals surface area (Å²) < 4.78 is 13.3.